The van der Waals surface area contributed by atoms with Crippen LogP contribution in [-0.4, -0.2) is 18.3 Å². The summed E-state index contributed by atoms with van der Waals surface area (Å²) in [5.41, 5.74) is 0. The van der Waals surface area contributed by atoms with Gasteiger partial charge in [-0.15, -0.1) is 11.4 Å². The van der Waals surface area contributed by atoms with Crippen LogP contribution in [0.4, 0.5) is 0 Å². The first-order valence-electron chi connectivity index (χ1n) is 4.39. The molecule has 0 saturated heterocycles. The molecule has 0 rings (SSSR count). The quantitative estimate of drug-likeness (QED) is 0.285. The topological polar surface area (TPSA) is 26.3 Å². The Morgan fingerprint density at radius 1 is 1.62 bits per heavy atom. The average Bonchev–Trinajstić information content (AvgIpc) is 2.13. The van der Waals surface area contributed by atoms with E-state index in [0.717, 1.165) is 18.6 Å². The van der Waals surface area contributed by atoms with Crippen LogP contribution in [0.5, 0.6) is 0 Å². The lowest BCUT2D eigenvalue weighted by Gasteiger charge is -2.01. The fourth-order valence-electron chi connectivity index (χ4n) is 0.807. The second-order valence-electron chi connectivity index (χ2n) is 2.55. The van der Waals surface area contributed by atoms with Gasteiger partial charge >= 0.3 is 5.97 Å². The predicted octanol–water partition coefficient (Wildman–Crippen LogP) is 2.80. The van der Waals surface area contributed by atoms with Gasteiger partial charge in [0.2, 0.25) is 0 Å². The third kappa shape index (κ3) is 9.91. The maximum Gasteiger partial charge on any atom is 0.305 e. The van der Waals surface area contributed by atoms with Gasteiger partial charge in [-0.05, 0) is 19.8 Å². The van der Waals surface area contributed by atoms with Crippen molar-refractivity contribution < 1.29 is 9.53 Å². The van der Waals surface area contributed by atoms with Crippen LogP contribution in [0.1, 0.15) is 26.2 Å². The Morgan fingerprint density at radius 2 is 2.38 bits per heavy atom. The zero-order valence-corrected chi connectivity index (χ0v) is 9.96. The molecule has 1 unspecified atom stereocenters. The first kappa shape index (κ1) is 13.0. The summed E-state index contributed by atoms with van der Waals surface area (Å²) in [6.45, 7) is 2.51. The number of rotatable bonds is 7. The van der Waals surface area contributed by atoms with Crippen molar-refractivity contribution >= 4 is 25.8 Å². The van der Waals surface area contributed by atoms with E-state index in [4.69, 9.17) is 4.74 Å². The van der Waals surface area contributed by atoms with Crippen molar-refractivity contribution in [1.29, 1.82) is 0 Å². The molecule has 0 aliphatic carbocycles. The Bertz CT molecular complexity index is 160. The number of hydrogen-bond donors (Lipinski definition) is 0. The summed E-state index contributed by atoms with van der Waals surface area (Å²) in [5.74, 6) is 0.772. The second-order valence-corrected chi connectivity index (χ2v) is 4.29. The molecule has 0 aromatic carbocycles. The molecule has 76 valence electrons. The lowest BCUT2D eigenvalue weighted by atomic mass is 10.2. The summed E-state index contributed by atoms with van der Waals surface area (Å²) in [7, 11) is 2.53. The van der Waals surface area contributed by atoms with Crippen LogP contribution in [0.15, 0.2) is 12.2 Å². The van der Waals surface area contributed by atoms with Crippen LogP contribution in [-0.2, 0) is 9.53 Å². The van der Waals surface area contributed by atoms with E-state index in [9.17, 15) is 4.79 Å². The molecule has 0 amide bonds. The number of esters is 1. The highest BCUT2D eigenvalue weighted by Crippen LogP contribution is 2.09. The molecule has 0 heterocycles. The Labute approximate surface area is 86.4 Å². The van der Waals surface area contributed by atoms with E-state index in [1.165, 1.54) is 0 Å². The van der Waals surface area contributed by atoms with Crippen molar-refractivity contribution in [2.75, 3.05) is 12.4 Å². The van der Waals surface area contributed by atoms with Crippen LogP contribution in [0.2, 0.25) is 0 Å². The lowest BCUT2D eigenvalue weighted by Crippen LogP contribution is -2.06. The molecule has 0 aromatic heterocycles. The van der Waals surface area contributed by atoms with E-state index < -0.39 is 0 Å². The first-order chi connectivity index (χ1) is 6.31. The van der Waals surface area contributed by atoms with Crippen molar-refractivity contribution in [2.45, 2.75) is 26.2 Å². The Morgan fingerprint density at radius 3 is 3.00 bits per heavy atom. The molecule has 0 aliphatic heterocycles. The maximum absolute atomic E-state index is 11.0. The molecule has 0 spiro atoms. The molecule has 0 saturated carbocycles. The van der Waals surface area contributed by atoms with Crippen LogP contribution < -0.4 is 0 Å². The average molecular weight is 220 g/mol. The lowest BCUT2D eigenvalue weighted by molar-refractivity contribution is -0.143. The van der Waals surface area contributed by atoms with Gasteiger partial charge < -0.3 is 4.74 Å². The summed E-state index contributed by atoms with van der Waals surface area (Å²) in [6.07, 6.45) is 6.44. The van der Waals surface area contributed by atoms with E-state index in [0.29, 0.717) is 13.0 Å². The van der Waals surface area contributed by atoms with Crippen molar-refractivity contribution in [3.05, 3.63) is 12.2 Å². The number of carbonyl (C=O) groups is 1. The van der Waals surface area contributed by atoms with Gasteiger partial charge in [0.1, 0.15) is 6.61 Å². The second kappa shape index (κ2) is 10.1. The normalized spacial score (nSPS) is 10.6. The van der Waals surface area contributed by atoms with E-state index in [2.05, 4.69) is 14.5 Å². The van der Waals surface area contributed by atoms with Crippen molar-refractivity contribution in [3.63, 3.8) is 0 Å². The molecule has 2 nitrogen and oxygen atoms in total. The number of carbonyl (C=O) groups excluding carboxylic acids is 1. The van der Waals surface area contributed by atoms with Gasteiger partial charge in [0.25, 0.3) is 0 Å². The third-order valence-electron chi connectivity index (χ3n) is 1.45. The molecule has 13 heavy (non-hydrogen) atoms. The highest BCUT2D eigenvalue weighted by Gasteiger charge is 2.00. The third-order valence-corrected chi connectivity index (χ3v) is 2.56. The van der Waals surface area contributed by atoms with E-state index in [-0.39, 0.29) is 5.97 Å². The standard InChI is InChI=1S/C9H17O2PS/c1-2-3-4-5-6-9(10)11-7-8-13-12/h2-3H,4-8,12H2,1H3/b3-2-. The molecule has 0 N–H and O–H groups in total. The molecule has 0 aromatic rings. The van der Waals surface area contributed by atoms with Crippen LogP contribution in [0.25, 0.3) is 0 Å². The van der Waals surface area contributed by atoms with Gasteiger partial charge in [0.15, 0.2) is 0 Å². The minimum absolute atomic E-state index is 0.0800. The van der Waals surface area contributed by atoms with Crippen molar-refractivity contribution in [1.82, 2.24) is 0 Å². The van der Waals surface area contributed by atoms with Crippen LogP contribution in [0.3, 0.4) is 0 Å². The Kier molecular flexibility index (Phi) is 10.1. The number of unbranched alkanes of at least 4 members (excludes halogenated alkanes) is 1. The first-order valence-corrected chi connectivity index (χ1v) is 6.86. The number of hydrogen-bond acceptors (Lipinski definition) is 3. The number of ether oxygens (including phenoxy) is 1. The SMILES string of the molecule is C/C=C\CCCC(=O)OCCSP. The fourth-order valence-corrected chi connectivity index (χ4v) is 1.27. The van der Waals surface area contributed by atoms with Gasteiger partial charge in [-0.2, -0.15) is 0 Å². The van der Waals surface area contributed by atoms with Crippen molar-refractivity contribution in [3.8, 4) is 0 Å². The largest absolute Gasteiger partial charge is 0.465 e. The maximum atomic E-state index is 11.0. The summed E-state index contributed by atoms with van der Waals surface area (Å²) >= 11 is 1.60. The molecule has 4 heteroatoms. The van der Waals surface area contributed by atoms with Gasteiger partial charge in [-0.3, -0.25) is 4.79 Å². The zero-order valence-electron chi connectivity index (χ0n) is 7.99. The zero-order chi connectivity index (χ0) is 9.94. The minimum atomic E-state index is -0.0800. The summed E-state index contributed by atoms with van der Waals surface area (Å²) < 4.78 is 4.97. The molecule has 1 atom stereocenters. The summed E-state index contributed by atoms with van der Waals surface area (Å²) in [4.78, 5) is 11.0. The Hall–Kier alpha value is -0.0100. The van der Waals surface area contributed by atoms with E-state index >= 15 is 0 Å². The predicted molar refractivity (Wildman–Crippen MR) is 61.8 cm³/mol. The highest BCUT2D eigenvalue weighted by molar-refractivity contribution is 8.43. The Balaban J connectivity index is 3.20. The van der Waals surface area contributed by atoms with Gasteiger partial charge in [0, 0.05) is 12.2 Å². The van der Waals surface area contributed by atoms with Gasteiger partial charge in [0.05, 0.1) is 0 Å². The fraction of sp³-hybridized carbons (Fsp3) is 0.667. The van der Waals surface area contributed by atoms with E-state index in [1.54, 1.807) is 11.4 Å². The van der Waals surface area contributed by atoms with Crippen LogP contribution >= 0.6 is 19.8 Å². The van der Waals surface area contributed by atoms with E-state index in [1.807, 2.05) is 13.0 Å². The molecule has 0 fully saturated rings. The molecular weight excluding hydrogens is 203 g/mol. The highest BCUT2D eigenvalue weighted by atomic mass is 32.7. The molecular formula is C9H17O2PS. The van der Waals surface area contributed by atoms with Gasteiger partial charge in [-0.1, -0.05) is 20.6 Å². The molecule has 0 aliphatic rings. The summed E-state index contributed by atoms with van der Waals surface area (Å²) in [6, 6.07) is 0. The monoisotopic (exact) mass is 220 g/mol. The van der Waals surface area contributed by atoms with Gasteiger partial charge in [-0.25, -0.2) is 0 Å². The summed E-state index contributed by atoms with van der Waals surface area (Å²) in [5, 5.41) is 0. The number of allylic oxidation sites excluding steroid dienone is 2. The molecule has 0 bridgehead atoms. The minimum Gasteiger partial charge on any atom is -0.465 e. The molecule has 0 radical (unpaired) electrons. The smallest absolute Gasteiger partial charge is 0.305 e. The van der Waals surface area contributed by atoms with Crippen molar-refractivity contribution in [2.24, 2.45) is 0 Å². The van der Waals surface area contributed by atoms with Crippen LogP contribution in [0, 0.1) is 0 Å².